The van der Waals surface area contributed by atoms with E-state index in [9.17, 15) is 4.79 Å². The first kappa shape index (κ1) is 23.2. The van der Waals surface area contributed by atoms with Gasteiger partial charge in [-0.3, -0.25) is 0 Å². The minimum absolute atomic E-state index is 0. The van der Waals surface area contributed by atoms with Crippen LogP contribution >= 0.6 is 0 Å². The summed E-state index contributed by atoms with van der Waals surface area (Å²) in [5, 5.41) is 8.01. The normalized spacial score (nSPS) is 9.83. The van der Waals surface area contributed by atoms with Crippen molar-refractivity contribution < 1.29 is 30.0 Å². The van der Waals surface area contributed by atoms with Crippen molar-refractivity contribution in [2.75, 3.05) is 0 Å². The second-order valence-corrected chi connectivity index (χ2v) is 4.29. The van der Waals surface area contributed by atoms with Crippen molar-refractivity contribution >= 4 is 13.1 Å². The molecule has 0 aliphatic heterocycles. The van der Waals surface area contributed by atoms with Gasteiger partial charge in [-0.25, -0.2) is 21.5 Å². The van der Waals surface area contributed by atoms with Gasteiger partial charge in [0, 0.05) is 45.0 Å². The van der Waals surface area contributed by atoms with Crippen LogP contribution in [0.4, 0.5) is 0 Å². The van der Waals surface area contributed by atoms with Crippen molar-refractivity contribution in [3.8, 4) is 6.07 Å². The second kappa shape index (κ2) is 13.6. The molecule has 0 spiro atoms. The largest absolute Gasteiger partial charge is 2.00 e. The molecule has 125 valence electrons. The number of carbonyl (C=O) groups excluding carboxylic acids is 2. The summed E-state index contributed by atoms with van der Waals surface area (Å²) in [5.41, 5.74) is 0. The molecule has 0 saturated carbocycles. The molecule has 8 heteroatoms. The number of imidazole rings is 2. The van der Waals surface area contributed by atoms with Crippen molar-refractivity contribution in [2.24, 2.45) is 20.0 Å². The molecule has 0 aliphatic carbocycles. The summed E-state index contributed by atoms with van der Waals surface area (Å²) in [6, 6.07) is 1.78. The minimum atomic E-state index is -0.514. The van der Waals surface area contributed by atoms with E-state index < -0.39 is 5.92 Å². The number of nitrogens with zero attached hydrogens (tertiary/aromatic N) is 5. The topological polar surface area (TPSA) is 93.6 Å². The standard InChI is InChI=1S/C9H12N4.C5H6NO.CO.Pd/c1-12-5-3-10-8(12)7-9-11-4-6-13(9)2;1-2-5(3-6)4-7;1-2;/h3-6H,7H2,1-2H3;5H,2H2,1H3;;/q;2*-1;+2. The zero-order chi connectivity index (χ0) is 17.0. The molecule has 0 aromatic carbocycles. The van der Waals surface area contributed by atoms with Crippen molar-refractivity contribution in [3.05, 3.63) is 36.4 Å². The Morgan fingerprint density at radius 3 is 1.83 bits per heavy atom. The third-order valence-electron chi connectivity index (χ3n) is 2.86. The molecule has 7 nitrogen and oxygen atoms in total. The summed E-state index contributed by atoms with van der Waals surface area (Å²) in [5.74, 6) is 1.56. The number of hydrogen-bond acceptors (Lipinski definition) is 5. The average molecular weight is 407 g/mol. The van der Waals surface area contributed by atoms with Gasteiger partial charge in [-0.2, -0.15) is 0 Å². The zero-order valence-electron chi connectivity index (χ0n) is 13.2. The Kier molecular flexibility index (Phi) is 13.7. The molecule has 1 unspecified atom stereocenters. The Morgan fingerprint density at radius 1 is 1.22 bits per heavy atom. The van der Waals surface area contributed by atoms with Crippen molar-refractivity contribution in [2.45, 2.75) is 19.8 Å². The molecule has 2 heterocycles. The van der Waals surface area contributed by atoms with Crippen LogP contribution < -0.4 is 0 Å². The first-order valence-electron chi connectivity index (χ1n) is 6.52. The molecule has 0 fully saturated rings. The molecular formula is C15H18N5O2Pd. The van der Waals surface area contributed by atoms with Crippen molar-refractivity contribution in [1.82, 2.24) is 19.1 Å². The Bertz CT molecular complexity index is 565. The summed E-state index contributed by atoms with van der Waals surface area (Å²) < 4.78 is 4.02. The maximum Gasteiger partial charge on any atom is 2.00 e. The molecule has 2 aromatic rings. The van der Waals surface area contributed by atoms with Crippen LogP contribution in [0.2, 0.25) is 0 Å². The van der Waals surface area contributed by atoms with Gasteiger partial charge < -0.3 is 25.5 Å². The zero-order valence-corrected chi connectivity index (χ0v) is 14.7. The van der Waals surface area contributed by atoms with E-state index in [1.807, 2.05) is 35.6 Å². The summed E-state index contributed by atoms with van der Waals surface area (Å²) in [6.07, 6.45) is 10.4. The van der Waals surface area contributed by atoms with E-state index in [0.717, 1.165) is 18.1 Å². The fourth-order valence-electron chi connectivity index (χ4n) is 1.48. The van der Waals surface area contributed by atoms with Gasteiger partial charge in [-0.1, -0.05) is 19.3 Å². The molecule has 0 aliphatic rings. The average Bonchev–Trinajstić information content (AvgIpc) is 3.14. The third-order valence-corrected chi connectivity index (χ3v) is 2.86. The Morgan fingerprint density at radius 2 is 1.65 bits per heavy atom. The molecule has 0 amide bonds. The molecule has 2 rings (SSSR count). The van der Waals surface area contributed by atoms with E-state index in [1.54, 1.807) is 31.7 Å². The van der Waals surface area contributed by atoms with Crippen LogP contribution in [0, 0.1) is 17.2 Å². The van der Waals surface area contributed by atoms with Gasteiger partial charge in [0.1, 0.15) is 11.6 Å². The van der Waals surface area contributed by atoms with Crippen LogP contribution in [0.25, 0.3) is 0 Å². The van der Waals surface area contributed by atoms with E-state index in [1.165, 1.54) is 0 Å². The summed E-state index contributed by atoms with van der Waals surface area (Å²) >= 11 is 0. The number of aromatic nitrogens is 4. The van der Waals surface area contributed by atoms with Crippen LogP contribution in [0.5, 0.6) is 0 Å². The van der Waals surface area contributed by atoms with Crippen LogP contribution in [0.3, 0.4) is 0 Å². The van der Waals surface area contributed by atoms with E-state index in [0.29, 0.717) is 6.42 Å². The Labute approximate surface area is 150 Å². The number of aryl methyl sites for hydroxylation is 2. The van der Waals surface area contributed by atoms with E-state index in [4.69, 9.17) is 10.1 Å². The summed E-state index contributed by atoms with van der Waals surface area (Å²) in [4.78, 5) is 25.6. The van der Waals surface area contributed by atoms with Crippen molar-refractivity contribution in [3.63, 3.8) is 0 Å². The molecule has 1 atom stereocenters. The molecule has 1 radical (unpaired) electrons. The third kappa shape index (κ3) is 8.20. The Hall–Kier alpha value is -2.09. The minimum Gasteiger partial charge on any atom is -0.573 e. The molecule has 0 saturated heterocycles. The van der Waals surface area contributed by atoms with Crippen LogP contribution in [-0.4, -0.2) is 32.2 Å². The summed E-state index contributed by atoms with van der Waals surface area (Å²) in [7, 11) is 3.98. The quantitative estimate of drug-likeness (QED) is 0.557. The fourth-order valence-corrected chi connectivity index (χ4v) is 1.48. The summed E-state index contributed by atoms with van der Waals surface area (Å²) in [6.45, 7) is 6.28. The molecule has 0 bridgehead atoms. The number of hydrogen-bond donors (Lipinski definition) is 0. The van der Waals surface area contributed by atoms with Gasteiger partial charge in [0.25, 0.3) is 0 Å². The predicted octanol–water partition coefficient (Wildman–Crippen LogP) is 0.991. The monoisotopic (exact) mass is 406 g/mol. The number of nitriles is 1. The van der Waals surface area contributed by atoms with Crippen LogP contribution in [-0.2, 0) is 50.5 Å². The smallest absolute Gasteiger partial charge is 0.573 e. The van der Waals surface area contributed by atoms with Crippen LogP contribution in [0.1, 0.15) is 25.0 Å². The SMILES string of the molecule is CCC(C#N)[C-]=O.Cn1ccnc1Cc1nccn1C.[C-]=O.[Pd+2]. The maximum absolute atomic E-state index is 9.62. The second-order valence-electron chi connectivity index (χ2n) is 4.29. The molecule has 0 N–H and O–H groups in total. The van der Waals surface area contributed by atoms with Gasteiger partial charge in [0.15, 0.2) is 0 Å². The van der Waals surface area contributed by atoms with Gasteiger partial charge in [-0.05, 0) is 0 Å². The van der Waals surface area contributed by atoms with Gasteiger partial charge >= 0.3 is 20.4 Å². The van der Waals surface area contributed by atoms with E-state index >= 15 is 0 Å². The van der Waals surface area contributed by atoms with E-state index in [-0.39, 0.29) is 20.4 Å². The van der Waals surface area contributed by atoms with Crippen LogP contribution in [0.15, 0.2) is 24.8 Å². The first-order chi connectivity index (χ1) is 10.6. The van der Waals surface area contributed by atoms with Gasteiger partial charge in [0.05, 0.1) is 6.42 Å². The molecular weight excluding hydrogens is 389 g/mol. The van der Waals surface area contributed by atoms with Crippen molar-refractivity contribution in [1.29, 1.82) is 5.26 Å². The fraction of sp³-hybridized carbons (Fsp3) is 0.400. The molecule has 2 aromatic heterocycles. The number of rotatable bonds is 4. The maximum atomic E-state index is 9.62. The predicted molar refractivity (Wildman–Crippen MR) is 80.0 cm³/mol. The van der Waals surface area contributed by atoms with E-state index in [2.05, 4.69) is 16.8 Å². The Balaban J connectivity index is 0. The van der Waals surface area contributed by atoms with Gasteiger partial charge in [0.2, 0.25) is 0 Å². The molecule has 23 heavy (non-hydrogen) atoms. The van der Waals surface area contributed by atoms with Gasteiger partial charge in [-0.15, -0.1) is 0 Å². The first-order valence-corrected chi connectivity index (χ1v) is 6.52.